The molecule has 0 aliphatic carbocycles. The van der Waals surface area contributed by atoms with Gasteiger partial charge in [-0.05, 0) is 12.5 Å². The Morgan fingerprint density at radius 2 is 2.56 bits per heavy atom. The van der Waals surface area contributed by atoms with Gasteiger partial charge in [-0.25, -0.2) is 0 Å². The van der Waals surface area contributed by atoms with Crippen molar-refractivity contribution in [2.24, 2.45) is 16.8 Å². The van der Waals surface area contributed by atoms with Crippen LogP contribution in [-0.2, 0) is 4.74 Å². The van der Waals surface area contributed by atoms with Crippen molar-refractivity contribution in [1.29, 1.82) is 0 Å². The summed E-state index contributed by atoms with van der Waals surface area (Å²) in [4.78, 5) is 2.09. The molecule has 1 atom stereocenters. The Kier molecular flexibility index (Phi) is 3.93. The molecule has 1 unspecified atom stereocenters. The zero-order valence-corrected chi connectivity index (χ0v) is 10.3. The largest absolute Gasteiger partial charge is 0.409 e. The summed E-state index contributed by atoms with van der Waals surface area (Å²) in [6, 6.07) is 1.70. The first-order valence-electron chi connectivity index (χ1n) is 5.79. The van der Waals surface area contributed by atoms with Crippen molar-refractivity contribution >= 4 is 11.7 Å². The number of anilines is 1. The van der Waals surface area contributed by atoms with Gasteiger partial charge in [-0.15, -0.1) is 5.10 Å². The van der Waals surface area contributed by atoms with Gasteiger partial charge in [0.15, 0.2) is 11.7 Å². The molecular weight excluding hydrogens is 234 g/mol. The summed E-state index contributed by atoms with van der Waals surface area (Å²) in [5.74, 6) is 1.19. The Morgan fingerprint density at radius 1 is 1.72 bits per heavy atom. The summed E-state index contributed by atoms with van der Waals surface area (Å²) in [6.45, 7) is 2.45. The van der Waals surface area contributed by atoms with Crippen LogP contribution < -0.4 is 10.6 Å². The van der Waals surface area contributed by atoms with Crippen LogP contribution in [0.2, 0.25) is 0 Å². The molecule has 0 saturated carbocycles. The molecule has 0 bridgehead atoms. The number of methoxy groups -OCH3 is 1. The van der Waals surface area contributed by atoms with E-state index in [2.05, 4.69) is 20.3 Å². The molecule has 1 saturated heterocycles. The lowest BCUT2D eigenvalue weighted by molar-refractivity contribution is 0.161. The number of aromatic nitrogens is 2. The van der Waals surface area contributed by atoms with Gasteiger partial charge in [-0.2, -0.15) is 5.10 Å². The van der Waals surface area contributed by atoms with Crippen molar-refractivity contribution in [2.75, 3.05) is 31.7 Å². The summed E-state index contributed by atoms with van der Waals surface area (Å²) in [6.07, 6.45) is 2.57. The highest BCUT2D eigenvalue weighted by atomic mass is 16.5. The van der Waals surface area contributed by atoms with Crippen molar-refractivity contribution in [1.82, 2.24) is 10.2 Å². The second-order valence-electron chi connectivity index (χ2n) is 4.31. The quantitative estimate of drug-likeness (QED) is 0.339. The number of hydrogen-bond acceptors (Lipinski definition) is 6. The van der Waals surface area contributed by atoms with E-state index in [1.807, 2.05) is 0 Å². The molecule has 0 aromatic carbocycles. The zero-order chi connectivity index (χ0) is 13.0. The number of rotatable bonds is 4. The second-order valence-corrected chi connectivity index (χ2v) is 4.31. The van der Waals surface area contributed by atoms with E-state index in [1.54, 1.807) is 13.2 Å². The number of nitrogens with zero attached hydrogens (tertiary/aromatic N) is 4. The SMILES string of the molecule is COCC1CCN(c2nnccc2/C(N)=N/O)C1. The maximum Gasteiger partial charge on any atom is 0.173 e. The third-order valence-corrected chi connectivity index (χ3v) is 3.07. The summed E-state index contributed by atoms with van der Waals surface area (Å²) in [7, 11) is 1.70. The van der Waals surface area contributed by atoms with Crippen molar-refractivity contribution in [3.63, 3.8) is 0 Å². The molecule has 1 aromatic rings. The lowest BCUT2D eigenvalue weighted by Gasteiger charge is -2.19. The van der Waals surface area contributed by atoms with Crippen molar-refractivity contribution in [3.05, 3.63) is 17.8 Å². The number of oxime groups is 1. The molecule has 7 nitrogen and oxygen atoms in total. The molecule has 0 radical (unpaired) electrons. The number of nitrogens with two attached hydrogens (primary N) is 1. The van der Waals surface area contributed by atoms with Crippen molar-refractivity contribution in [3.8, 4) is 0 Å². The van der Waals surface area contributed by atoms with Gasteiger partial charge in [-0.3, -0.25) is 0 Å². The van der Waals surface area contributed by atoms with Crippen LogP contribution >= 0.6 is 0 Å². The Balaban J connectivity index is 2.19. The van der Waals surface area contributed by atoms with E-state index < -0.39 is 0 Å². The van der Waals surface area contributed by atoms with E-state index >= 15 is 0 Å². The van der Waals surface area contributed by atoms with Crippen molar-refractivity contribution in [2.45, 2.75) is 6.42 Å². The van der Waals surface area contributed by atoms with Crippen molar-refractivity contribution < 1.29 is 9.94 Å². The molecule has 2 heterocycles. The molecular formula is C11H17N5O2. The van der Waals surface area contributed by atoms with Gasteiger partial charge in [0.05, 0.1) is 18.4 Å². The Morgan fingerprint density at radius 3 is 3.28 bits per heavy atom. The maximum absolute atomic E-state index is 8.77. The van der Waals surface area contributed by atoms with Gasteiger partial charge < -0.3 is 20.6 Å². The van der Waals surface area contributed by atoms with Crippen LogP contribution in [0.4, 0.5) is 5.82 Å². The maximum atomic E-state index is 8.77. The molecule has 0 amide bonds. The highest BCUT2D eigenvalue weighted by molar-refractivity contribution is 6.01. The number of hydrogen-bond donors (Lipinski definition) is 2. The fourth-order valence-electron chi connectivity index (χ4n) is 2.21. The zero-order valence-electron chi connectivity index (χ0n) is 10.3. The van der Waals surface area contributed by atoms with Gasteiger partial charge in [0.2, 0.25) is 0 Å². The lowest BCUT2D eigenvalue weighted by atomic mass is 10.1. The molecule has 3 N–H and O–H groups in total. The molecule has 1 aromatic heterocycles. The van der Waals surface area contributed by atoms with E-state index in [0.29, 0.717) is 17.3 Å². The topological polar surface area (TPSA) is 96.9 Å². The Bertz CT molecular complexity index is 437. The predicted molar refractivity (Wildman–Crippen MR) is 66.7 cm³/mol. The second kappa shape index (κ2) is 5.63. The van der Waals surface area contributed by atoms with E-state index in [1.165, 1.54) is 6.20 Å². The van der Waals surface area contributed by atoms with Crippen LogP contribution in [0.15, 0.2) is 17.4 Å². The molecule has 2 rings (SSSR count). The van der Waals surface area contributed by atoms with Gasteiger partial charge in [0, 0.05) is 26.1 Å². The molecule has 1 fully saturated rings. The summed E-state index contributed by atoms with van der Waals surface area (Å²) in [5, 5.41) is 19.7. The molecule has 18 heavy (non-hydrogen) atoms. The molecule has 98 valence electrons. The van der Waals surface area contributed by atoms with E-state index in [0.717, 1.165) is 26.1 Å². The third-order valence-electron chi connectivity index (χ3n) is 3.07. The monoisotopic (exact) mass is 251 g/mol. The highest BCUT2D eigenvalue weighted by Crippen LogP contribution is 2.24. The summed E-state index contributed by atoms with van der Waals surface area (Å²) >= 11 is 0. The highest BCUT2D eigenvalue weighted by Gasteiger charge is 2.26. The molecule has 1 aliphatic heterocycles. The van der Waals surface area contributed by atoms with Crippen LogP contribution in [0.3, 0.4) is 0 Å². The normalized spacial score (nSPS) is 20.4. The Labute approximate surface area is 105 Å². The Hall–Kier alpha value is -1.89. The van der Waals surface area contributed by atoms with E-state index in [9.17, 15) is 0 Å². The van der Waals surface area contributed by atoms with Gasteiger partial charge in [0.25, 0.3) is 0 Å². The van der Waals surface area contributed by atoms with E-state index in [4.69, 9.17) is 15.7 Å². The first kappa shape index (κ1) is 12.6. The summed E-state index contributed by atoms with van der Waals surface area (Å²) in [5.41, 5.74) is 6.24. The van der Waals surface area contributed by atoms with Gasteiger partial charge in [0.1, 0.15) is 0 Å². The number of ether oxygens (including phenoxy) is 1. The lowest BCUT2D eigenvalue weighted by Crippen LogP contribution is -2.26. The standard InChI is InChI=1S/C11H17N5O2/c1-18-7-8-3-5-16(6-8)11-9(10(12)15-17)2-4-13-14-11/h2,4,8,17H,3,5-7H2,1H3,(H2,12,15). The minimum Gasteiger partial charge on any atom is -0.409 e. The first-order valence-corrected chi connectivity index (χ1v) is 5.79. The fraction of sp³-hybridized carbons (Fsp3) is 0.545. The van der Waals surface area contributed by atoms with Gasteiger partial charge >= 0.3 is 0 Å². The minimum absolute atomic E-state index is 0.0510. The smallest absolute Gasteiger partial charge is 0.173 e. The van der Waals surface area contributed by atoms with Crippen LogP contribution in [0.5, 0.6) is 0 Å². The molecule has 7 heteroatoms. The predicted octanol–water partition coefficient (Wildman–Crippen LogP) is 0.0438. The average molecular weight is 251 g/mol. The average Bonchev–Trinajstić information content (AvgIpc) is 2.87. The number of amidine groups is 1. The molecule has 1 aliphatic rings. The van der Waals surface area contributed by atoms with E-state index in [-0.39, 0.29) is 5.84 Å². The fourth-order valence-corrected chi connectivity index (χ4v) is 2.21. The van der Waals surface area contributed by atoms with Gasteiger partial charge in [-0.1, -0.05) is 5.16 Å². The first-order chi connectivity index (χ1) is 8.76. The van der Waals surface area contributed by atoms with Crippen LogP contribution in [0.1, 0.15) is 12.0 Å². The summed E-state index contributed by atoms with van der Waals surface area (Å²) < 4.78 is 5.16. The minimum atomic E-state index is 0.0510. The van der Waals surface area contributed by atoms with Crippen LogP contribution in [0, 0.1) is 5.92 Å². The van der Waals surface area contributed by atoms with Crippen LogP contribution in [-0.4, -0.2) is 48.0 Å². The van der Waals surface area contributed by atoms with Crippen LogP contribution in [0.25, 0.3) is 0 Å². The third kappa shape index (κ3) is 2.51. The molecule has 0 spiro atoms.